The van der Waals surface area contributed by atoms with Crippen molar-refractivity contribution in [2.75, 3.05) is 27.2 Å². The quantitative estimate of drug-likeness (QED) is 0.627. The fraction of sp³-hybridized carbons (Fsp3) is 0.600. The molecule has 0 unspecified atom stereocenters. The first kappa shape index (κ1) is 11.2. The molecule has 2 heteroatoms. The van der Waals surface area contributed by atoms with Crippen LogP contribution in [-0.4, -0.2) is 32.1 Å². The van der Waals surface area contributed by atoms with E-state index >= 15 is 0 Å². The zero-order valence-corrected chi connectivity index (χ0v) is 8.59. The molecular formula is C10H20N2. The lowest BCUT2D eigenvalue weighted by Gasteiger charge is -2.19. The maximum atomic E-state index is 3.13. The van der Waals surface area contributed by atoms with Gasteiger partial charge in [-0.1, -0.05) is 12.2 Å². The zero-order chi connectivity index (χ0) is 9.40. The van der Waals surface area contributed by atoms with Crippen LogP contribution >= 0.6 is 0 Å². The van der Waals surface area contributed by atoms with Crippen molar-refractivity contribution in [1.29, 1.82) is 0 Å². The van der Waals surface area contributed by atoms with Gasteiger partial charge in [0.2, 0.25) is 0 Å². The molecular weight excluding hydrogens is 148 g/mol. The second kappa shape index (κ2) is 6.92. The Labute approximate surface area is 76.0 Å². The topological polar surface area (TPSA) is 15.3 Å². The van der Waals surface area contributed by atoms with Gasteiger partial charge in [0.1, 0.15) is 0 Å². The number of allylic oxidation sites excluding steroid dienone is 3. The molecule has 0 aromatic rings. The molecule has 0 aliphatic rings. The van der Waals surface area contributed by atoms with Crippen LogP contribution < -0.4 is 5.32 Å². The van der Waals surface area contributed by atoms with Crippen molar-refractivity contribution in [1.82, 2.24) is 10.2 Å². The van der Waals surface area contributed by atoms with Crippen LogP contribution in [0.3, 0.4) is 0 Å². The molecule has 0 radical (unpaired) electrons. The monoisotopic (exact) mass is 168 g/mol. The molecule has 0 rings (SSSR count). The Kier molecular flexibility index (Phi) is 6.48. The molecule has 0 spiro atoms. The summed E-state index contributed by atoms with van der Waals surface area (Å²) in [5, 5.41) is 3.13. The van der Waals surface area contributed by atoms with E-state index < -0.39 is 0 Å². The van der Waals surface area contributed by atoms with Crippen molar-refractivity contribution in [2.24, 2.45) is 0 Å². The minimum absolute atomic E-state index is 1.02. The van der Waals surface area contributed by atoms with Crippen molar-refractivity contribution in [3.8, 4) is 0 Å². The van der Waals surface area contributed by atoms with Gasteiger partial charge in [-0.2, -0.15) is 0 Å². The maximum Gasteiger partial charge on any atom is 0.0317 e. The molecule has 0 aromatic heterocycles. The molecule has 0 atom stereocenters. The van der Waals surface area contributed by atoms with Gasteiger partial charge in [0, 0.05) is 25.8 Å². The minimum atomic E-state index is 1.02. The second-order valence-electron chi connectivity index (χ2n) is 2.74. The Morgan fingerprint density at radius 3 is 2.50 bits per heavy atom. The van der Waals surface area contributed by atoms with Crippen LogP contribution in [0.1, 0.15) is 13.8 Å². The second-order valence-corrected chi connectivity index (χ2v) is 2.74. The molecule has 0 aromatic carbocycles. The van der Waals surface area contributed by atoms with Gasteiger partial charge in [-0.25, -0.2) is 0 Å². The van der Waals surface area contributed by atoms with E-state index in [1.807, 2.05) is 14.0 Å². The molecule has 12 heavy (non-hydrogen) atoms. The highest BCUT2D eigenvalue weighted by Crippen LogP contribution is 2.01. The largest absolute Gasteiger partial charge is 0.374 e. The SMILES string of the molecule is C/C=C\C(=C/C)N(C)CCNC. The number of rotatable bonds is 5. The van der Waals surface area contributed by atoms with Gasteiger partial charge in [-0.3, -0.25) is 0 Å². The highest BCUT2D eigenvalue weighted by molar-refractivity contribution is 5.15. The van der Waals surface area contributed by atoms with E-state index in [1.165, 1.54) is 5.70 Å². The normalized spacial score (nSPS) is 12.5. The molecule has 70 valence electrons. The Balaban J connectivity index is 3.95. The average molecular weight is 168 g/mol. The maximum absolute atomic E-state index is 3.13. The molecule has 0 amide bonds. The summed E-state index contributed by atoms with van der Waals surface area (Å²) < 4.78 is 0. The number of hydrogen-bond donors (Lipinski definition) is 1. The third-order valence-corrected chi connectivity index (χ3v) is 1.77. The summed E-state index contributed by atoms with van der Waals surface area (Å²) in [6.45, 7) is 6.16. The van der Waals surface area contributed by atoms with Crippen LogP contribution in [0.4, 0.5) is 0 Å². The lowest BCUT2D eigenvalue weighted by atomic mass is 10.3. The third-order valence-electron chi connectivity index (χ3n) is 1.77. The van der Waals surface area contributed by atoms with E-state index in [0.717, 1.165) is 13.1 Å². The summed E-state index contributed by atoms with van der Waals surface area (Å²) >= 11 is 0. The summed E-state index contributed by atoms with van der Waals surface area (Å²) in [7, 11) is 4.07. The van der Waals surface area contributed by atoms with Gasteiger partial charge in [0.25, 0.3) is 0 Å². The highest BCUT2D eigenvalue weighted by Gasteiger charge is 1.97. The van der Waals surface area contributed by atoms with E-state index in [9.17, 15) is 0 Å². The highest BCUT2D eigenvalue weighted by atomic mass is 15.1. The fourth-order valence-electron chi connectivity index (χ4n) is 1.02. The van der Waals surface area contributed by atoms with E-state index in [4.69, 9.17) is 0 Å². The Morgan fingerprint density at radius 2 is 2.08 bits per heavy atom. The van der Waals surface area contributed by atoms with E-state index in [2.05, 4.69) is 42.4 Å². The molecule has 0 saturated carbocycles. The fourth-order valence-corrected chi connectivity index (χ4v) is 1.02. The Bertz CT molecular complexity index is 159. The molecule has 2 nitrogen and oxygen atoms in total. The third kappa shape index (κ3) is 4.19. The van der Waals surface area contributed by atoms with Crippen molar-refractivity contribution < 1.29 is 0 Å². The van der Waals surface area contributed by atoms with Crippen LogP contribution in [0.25, 0.3) is 0 Å². The van der Waals surface area contributed by atoms with Gasteiger partial charge in [-0.15, -0.1) is 0 Å². The predicted octanol–water partition coefficient (Wildman–Crippen LogP) is 1.62. The first-order chi connectivity index (χ1) is 5.76. The summed E-state index contributed by atoms with van der Waals surface area (Å²) in [4.78, 5) is 2.23. The van der Waals surface area contributed by atoms with E-state index in [1.54, 1.807) is 0 Å². The first-order valence-electron chi connectivity index (χ1n) is 4.41. The molecule has 0 heterocycles. The van der Waals surface area contributed by atoms with Crippen molar-refractivity contribution in [2.45, 2.75) is 13.8 Å². The van der Waals surface area contributed by atoms with Gasteiger partial charge < -0.3 is 10.2 Å². The Morgan fingerprint density at radius 1 is 1.42 bits per heavy atom. The lowest BCUT2D eigenvalue weighted by Crippen LogP contribution is -2.26. The van der Waals surface area contributed by atoms with Crippen LogP contribution in [0.2, 0.25) is 0 Å². The van der Waals surface area contributed by atoms with Crippen molar-refractivity contribution in [3.05, 3.63) is 23.9 Å². The van der Waals surface area contributed by atoms with Crippen molar-refractivity contribution in [3.63, 3.8) is 0 Å². The molecule has 0 bridgehead atoms. The zero-order valence-electron chi connectivity index (χ0n) is 8.59. The number of hydrogen-bond acceptors (Lipinski definition) is 2. The van der Waals surface area contributed by atoms with E-state index in [-0.39, 0.29) is 0 Å². The smallest absolute Gasteiger partial charge is 0.0317 e. The molecule has 1 N–H and O–H groups in total. The number of likely N-dealkylation sites (N-methyl/N-ethyl adjacent to an activating group) is 2. The van der Waals surface area contributed by atoms with E-state index in [0.29, 0.717) is 0 Å². The van der Waals surface area contributed by atoms with Crippen LogP contribution in [0, 0.1) is 0 Å². The van der Waals surface area contributed by atoms with Crippen LogP contribution in [-0.2, 0) is 0 Å². The summed E-state index contributed by atoms with van der Waals surface area (Å²) in [5.41, 5.74) is 1.27. The lowest BCUT2D eigenvalue weighted by molar-refractivity contribution is 0.426. The standard InChI is InChI=1S/C10H20N2/c1-5-7-10(6-2)12(4)9-8-11-3/h5-7,11H,8-9H2,1-4H3/b7-5-,10-6+. The molecule has 0 aliphatic heterocycles. The Hall–Kier alpha value is -0.760. The van der Waals surface area contributed by atoms with Gasteiger partial charge in [-0.05, 0) is 27.0 Å². The summed E-state index contributed by atoms with van der Waals surface area (Å²) in [6.07, 6.45) is 6.30. The number of nitrogens with one attached hydrogen (secondary N) is 1. The minimum Gasteiger partial charge on any atom is -0.374 e. The van der Waals surface area contributed by atoms with Gasteiger partial charge in [0.15, 0.2) is 0 Å². The molecule has 0 saturated heterocycles. The van der Waals surface area contributed by atoms with Gasteiger partial charge >= 0.3 is 0 Å². The first-order valence-corrected chi connectivity index (χ1v) is 4.41. The van der Waals surface area contributed by atoms with Crippen LogP contribution in [0.15, 0.2) is 23.9 Å². The molecule has 0 aliphatic carbocycles. The van der Waals surface area contributed by atoms with Crippen LogP contribution in [0.5, 0.6) is 0 Å². The summed E-state index contributed by atoms with van der Waals surface area (Å²) in [5.74, 6) is 0. The van der Waals surface area contributed by atoms with Crippen molar-refractivity contribution >= 4 is 0 Å². The summed E-state index contributed by atoms with van der Waals surface area (Å²) in [6, 6.07) is 0. The number of nitrogens with zero attached hydrogens (tertiary/aromatic N) is 1. The predicted molar refractivity (Wildman–Crippen MR) is 55.1 cm³/mol. The average Bonchev–Trinajstić information content (AvgIpc) is 2.10. The molecule has 0 fully saturated rings. The van der Waals surface area contributed by atoms with Gasteiger partial charge in [0.05, 0.1) is 0 Å².